The van der Waals surface area contributed by atoms with Crippen molar-refractivity contribution in [3.8, 4) is 0 Å². The van der Waals surface area contributed by atoms with Gasteiger partial charge in [-0.3, -0.25) is 4.79 Å². The summed E-state index contributed by atoms with van der Waals surface area (Å²) in [6, 6.07) is -0.00787. The predicted octanol–water partition coefficient (Wildman–Crippen LogP) is 0.838. The van der Waals surface area contributed by atoms with Gasteiger partial charge in [-0.15, -0.1) is 0 Å². The average Bonchev–Trinajstić information content (AvgIpc) is 2.02. The molecule has 3 nitrogen and oxygen atoms in total. The first kappa shape index (κ1) is 11.4. The fourth-order valence-corrected chi connectivity index (χ4v) is 0.770. The molecule has 0 rings (SSSR count). The van der Waals surface area contributed by atoms with Gasteiger partial charge in [0.2, 0.25) is 5.91 Å². The first-order valence-electron chi connectivity index (χ1n) is 4.48. The van der Waals surface area contributed by atoms with Crippen molar-refractivity contribution in [2.45, 2.75) is 33.2 Å². The van der Waals surface area contributed by atoms with Crippen molar-refractivity contribution in [2.24, 2.45) is 11.7 Å². The molecule has 1 unspecified atom stereocenters. The fourth-order valence-electron chi connectivity index (χ4n) is 0.770. The number of nitrogens with zero attached hydrogens (tertiary/aromatic N) is 1. The molecule has 0 saturated carbocycles. The van der Waals surface area contributed by atoms with E-state index in [1.54, 1.807) is 11.9 Å². The topological polar surface area (TPSA) is 46.3 Å². The van der Waals surface area contributed by atoms with E-state index < -0.39 is 0 Å². The van der Waals surface area contributed by atoms with Crippen LogP contribution in [-0.2, 0) is 4.79 Å². The van der Waals surface area contributed by atoms with Gasteiger partial charge in [0.25, 0.3) is 0 Å². The number of nitrogens with two attached hydrogens (primary N) is 1. The molecule has 0 saturated heterocycles. The minimum atomic E-state index is -0.00787. The molecule has 0 aliphatic carbocycles. The van der Waals surface area contributed by atoms with E-state index in [0.717, 1.165) is 6.54 Å². The third-order valence-electron chi connectivity index (χ3n) is 2.17. The van der Waals surface area contributed by atoms with Crippen LogP contribution in [0.3, 0.4) is 0 Å². The number of carbonyl (C=O) groups excluding carboxylic acids is 1. The molecule has 0 aliphatic heterocycles. The number of rotatable bonds is 4. The molecule has 3 heteroatoms. The van der Waals surface area contributed by atoms with E-state index in [9.17, 15) is 4.79 Å². The Balaban J connectivity index is 3.84. The van der Waals surface area contributed by atoms with Gasteiger partial charge in [0.05, 0.1) is 0 Å². The molecule has 0 bridgehead atoms. The lowest BCUT2D eigenvalue weighted by atomic mass is 10.0. The van der Waals surface area contributed by atoms with Gasteiger partial charge in [0, 0.05) is 26.1 Å². The van der Waals surface area contributed by atoms with E-state index in [1.807, 2.05) is 20.8 Å². The maximum Gasteiger partial charge on any atom is 0.223 e. The average molecular weight is 172 g/mol. The van der Waals surface area contributed by atoms with E-state index in [2.05, 4.69) is 0 Å². The zero-order valence-electron chi connectivity index (χ0n) is 8.50. The van der Waals surface area contributed by atoms with Crippen LogP contribution in [-0.4, -0.2) is 30.4 Å². The Hall–Kier alpha value is -0.570. The van der Waals surface area contributed by atoms with Gasteiger partial charge in [0.1, 0.15) is 0 Å². The van der Waals surface area contributed by atoms with Crippen molar-refractivity contribution in [3.63, 3.8) is 0 Å². The van der Waals surface area contributed by atoms with Gasteiger partial charge in [-0.2, -0.15) is 0 Å². The van der Waals surface area contributed by atoms with Crippen LogP contribution < -0.4 is 5.73 Å². The normalized spacial score (nSPS) is 13.2. The molecule has 0 aliphatic rings. The Kier molecular flexibility index (Phi) is 4.90. The zero-order chi connectivity index (χ0) is 9.72. The van der Waals surface area contributed by atoms with Crippen molar-refractivity contribution in [3.05, 3.63) is 0 Å². The van der Waals surface area contributed by atoms with Gasteiger partial charge >= 0.3 is 0 Å². The van der Waals surface area contributed by atoms with Crippen molar-refractivity contribution < 1.29 is 4.79 Å². The molecule has 1 amide bonds. The smallest absolute Gasteiger partial charge is 0.223 e. The summed E-state index contributed by atoms with van der Waals surface area (Å²) in [5, 5.41) is 0. The Bertz CT molecular complexity index is 145. The van der Waals surface area contributed by atoms with Gasteiger partial charge in [-0.1, -0.05) is 13.8 Å². The summed E-state index contributed by atoms with van der Waals surface area (Å²) in [6.45, 7) is 6.77. The highest BCUT2D eigenvalue weighted by atomic mass is 16.2. The molecule has 72 valence electrons. The van der Waals surface area contributed by atoms with Gasteiger partial charge in [-0.25, -0.2) is 0 Å². The van der Waals surface area contributed by atoms with Gasteiger partial charge < -0.3 is 10.6 Å². The summed E-state index contributed by atoms with van der Waals surface area (Å²) in [5.74, 6) is 0.512. The van der Waals surface area contributed by atoms with Crippen molar-refractivity contribution in [1.29, 1.82) is 0 Å². The van der Waals surface area contributed by atoms with E-state index in [-0.39, 0.29) is 11.9 Å². The van der Waals surface area contributed by atoms with Crippen molar-refractivity contribution in [1.82, 2.24) is 4.90 Å². The van der Waals surface area contributed by atoms with Crippen molar-refractivity contribution in [2.75, 3.05) is 13.6 Å². The maximum absolute atomic E-state index is 11.3. The second kappa shape index (κ2) is 5.14. The number of carbonyl (C=O) groups is 1. The second-order valence-electron chi connectivity index (χ2n) is 3.52. The second-order valence-corrected chi connectivity index (χ2v) is 3.52. The molecular formula is C9H20N2O. The Morgan fingerprint density at radius 1 is 1.50 bits per heavy atom. The fraction of sp³-hybridized carbons (Fsp3) is 0.889. The molecule has 1 atom stereocenters. The Labute approximate surface area is 74.9 Å². The summed E-state index contributed by atoms with van der Waals surface area (Å²) in [5.41, 5.74) is 5.76. The lowest BCUT2D eigenvalue weighted by molar-refractivity contribution is -0.130. The summed E-state index contributed by atoms with van der Waals surface area (Å²) < 4.78 is 0. The van der Waals surface area contributed by atoms with E-state index in [4.69, 9.17) is 5.73 Å². The summed E-state index contributed by atoms with van der Waals surface area (Å²) in [4.78, 5) is 13.0. The zero-order valence-corrected chi connectivity index (χ0v) is 8.50. The van der Waals surface area contributed by atoms with Crippen LogP contribution >= 0.6 is 0 Å². The van der Waals surface area contributed by atoms with Crippen LogP contribution in [0.1, 0.15) is 27.2 Å². The summed E-state index contributed by atoms with van der Waals surface area (Å²) in [7, 11) is 1.80. The quantitative estimate of drug-likeness (QED) is 0.683. The van der Waals surface area contributed by atoms with E-state index in [1.165, 1.54) is 0 Å². The highest BCUT2D eigenvalue weighted by Crippen LogP contribution is 2.04. The van der Waals surface area contributed by atoms with Gasteiger partial charge in [-0.05, 0) is 12.8 Å². The maximum atomic E-state index is 11.3. The molecule has 0 heterocycles. The molecule has 0 aromatic carbocycles. The molecular weight excluding hydrogens is 152 g/mol. The highest BCUT2D eigenvalue weighted by molar-refractivity contribution is 5.76. The minimum absolute atomic E-state index is 0.00787. The third-order valence-corrected chi connectivity index (χ3v) is 2.17. The Morgan fingerprint density at radius 2 is 2.00 bits per heavy atom. The molecule has 0 aromatic heterocycles. The molecule has 0 radical (unpaired) electrons. The lowest BCUT2D eigenvalue weighted by Crippen LogP contribution is -2.35. The SMILES string of the molecule is CCN(C)C(=O)CC(N)C(C)C. The van der Waals surface area contributed by atoms with E-state index >= 15 is 0 Å². The molecule has 2 N–H and O–H groups in total. The first-order valence-corrected chi connectivity index (χ1v) is 4.48. The highest BCUT2D eigenvalue weighted by Gasteiger charge is 2.14. The molecule has 12 heavy (non-hydrogen) atoms. The van der Waals surface area contributed by atoms with Crippen LogP contribution in [0.5, 0.6) is 0 Å². The number of amides is 1. The monoisotopic (exact) mass is 172 g/mol. The number of hydrogen-bond donors (Lipinski definition) is 1. The molecule has 0 fully saturated rings. The summed E-state index contributed by atoms with van der Waals surface area (Å²) in [6.07, 6.45) is 0.460. The van der Waals surface area contributed by atoms with Crippen LogP contribution in [0.15, 0.2) is 0 Å². The van der Waals surface area contributed by atoms with Crippen LogP contribution in [0, 0.1) is 5.92 Å². The third kappa shape index (κ3) is 3.72. The van der Waals surface area contributed by atoms with Crippen molar-refractivity contribution >= 4 is 5.91 Å². The van der Waals surface area contributed by atoms with E-state index in [0.29, 0.717) is 12.3 Å². The largest absolute Gasteiger partial charge is 0.346 e. The first-order chi connectivity index (χ1) is 5.49. The van der Waals surface area contributed by atoms with Gasteiger partial charge in [0.15, 0.2) is 0 Å². The number of hydrogen-bond acceptors (Lipinski definition) is 2. The minimum Gasteiger partial charge on any atom is -0.346 e. The summed E-state index contributed by atoms with van der Waals surface area (Å²) >= 11 is 0. The van der Waals surface area contributed by atoms with Crippen LogP contribution in [0.25, 0.3) is 0 Å². The Morgan fingerprint density at radius 3 is 2.33 bits per heavy atom. The predicted molar refractivity (Wildman–Crippen MR) is 50.7 cm³/mol. The lowest BCUT2D eigenvalue weighted by Gasteiger charge is -2.19. The molecule has 0 aromatic rings. The van der Waals surface area contributed by atoms with Crippen LogP contribution in [0.4, 0.5) is 0 Å². The standard InChI is InChI=1S/C9H20N2O/c1-5-11(4)9(12)6-8(10)7(2)3/h7-8H,5-6,10H2,1-4H3. The molecule has 0 spiro atoms. The van der Waals surface area contributed by atoms with Crippen LogP contribution in [0.2, 0.25) is 0 Å².